The van der Waals surface area contributed by atoms with E-state index in [1.165, 1.54) is 0 Å². The summed E-state index contributed by atoms with van der Waals surface area (Å²) in [5.41, 5.74) is 1.12. The van der Waals surface area contributed by atoms with Gasteiger partial charge in [0.1, 0.15) is 0 Å². The molecule has 10 heavy (non-hydrogen) atoms. The lowest BCUT2D eigenvalue weighted by Gasteiger charge is -1.92. The van der Waals surface area contributed by atoms with E-state index in [9.17, 15) is 0 Å². The van der Waals surface area contributed by atoms with Crippen LogP contribution in [-0.4, -0.2) is 5.11 Å². The fraction of sp³-hybridized carbons (Fsp3) is 0.125. The minimum Gasteiger partial charge on any atom is -0.392 e. The van der Waals surface area contributed by atoms with Crippen LogP contribution < -0.4 is 0 Å². The summed E-state index contributed by atoms with van der Waals surface area (Å²) in [7, 11) is 0. The van der Waals surface area contributed by atoms with Crippen molar-refractivity contribution < 1.29 is 5.11 Å². The lowest BCUT2D eigenvalue weighted by atomic mass is 10.1. The Morgan fingerprint density at radius 2 is 2.40 bits per heavy atom. The third kappa shape index (κ3) is 1.34. The molecule has 2 heteroatoms. The molecule has 0 atom stereocenters. The SMILES string of the molecule is N#Cc1[c]c(CO)ccc1. The van der Waals surface area contributed by atoms with Crippen molar-refractivity contribution in [2.45, 2.75) is 6.61 Å². The second kappa shape index (κ2) is 3.00. The molecule has 0 saturated heterocycles. The molecule has 1 N–H and O–H groups in total. The van der Waals surface area contributed by atoms with Crippen LogP contribution in [0.1, 0.15) is 11.1 Å². The molecule has 0 saturated carbocycles. The number of rotatable bonds is 1. The molecule has 0 unspecified atom stereocenters. The predicted octanol–water partition coefficient (Wildman–Crippen LogP) is 0.851. The first-order valence-electron chi connectivity index (χ1n) is 2.89. The second-order valence-electron chi connectivity index (χ2n) is 1.86. The third-order valence-electron chi connectivity index (χ3n) is 1.15. The van der Waals surface area contributed by atoms with Gasteiger partial charge < -0.3 is 5.11 Å². The summed E-state index contributed by atoms with van der Waals surface area (Å²) < 4.78 is 0. The quantitative estimate of drug-likeness (QED) is 0.615. The van der Waals surface area contributed by atoms with Gasteiger partial charge in [0, 0.05) is 6.07 Å². The average Bonchev–Trinajstić information content (AvgIpc) is 2.05. The molecule has 0 amide bonds. The first-order chi connectivity index (χ1) is 4.86. The van der Waals surface area contributed by atoms with Gasteiger partial charge in [-0.2, -0.15) is 5.26 Å². The van der Waals surface area contributed by atoms with Gasteiger partial charge in [0.05, 0.1) is 18.2 Å². The van der Waals surface area contributed by atoms with E-state index in [4.69, 9.17) is 10.4 Å². The van der Waals surface area contributed by atoms with Crippen LogP contribution in [-0.2, 0) is 6.61 Å². The zero-order valence-corrected chi connectivity index (χ0v) is 5.33. The van der Waals surface area contributed by atoms with Gasteiger partial charge in [0.2, 0.25) is 0 Å². The first-order valence-corrected chi connectivity index (χ1v) is 2.89. The Labute approximate surface area is 59.3 Å². The van der Waals surface area contributed by atoms with E-state index in [-0.39, 0.29) is 6.61 Å². The number of aliphatic hydroxyl groups excluding tert-OH is 1. The zero-order valence-electron chi connectivity index (χ0n) is 5.33. The van der Waals surface area contributed by atoms with Gasteiger partial charge in [-0.3, -0.25) is 0 Å². The van der Waals surface area contributed by atoms with Gasteiger partial charge in [0.25, 0.3) is 0 Å². The van der Waals surface area contributed by atoms with Crippen molar-refractivity contribution >= 4 is 0 Å². The molecule has 1 aromatic carbocycles. The minimum absolute atomic E-state index is 0.0600. The highest BCUT2D eigenvalue weighted by atomic mass is 16.3. The number of benzene rings is 1. The summed E-state index contributed by atoms with van der Waals surface area (Å²) in [6.07, 6.45) is 0. The van der Waals surface area contributed by atoms with E-state index >= 15 is 0 Å². The highest BCUT2D eigenvalue weighted by Gasteiger charge is 1.91. The Bertz CT molecular complexity index is 262. The maximum atomic E-state index is 8.62. The molecule has 2 nitrogen and oxygen atoms in total. The van der Waals surface area contributed by atoms with E-state index in [1.807, 2.05) is 6.07 Å². The smallest absolute Gasteiger partial charge is 0.0998 e. The molecule has 0 bridgehead atoms. The fourth-order valence-electron chi connectivity index (χ4n) is 0.674. The first kappa shape index (κ1) is 6.79. The van der Waals surface area contributed by atoms with Gasteiger partial charge in [-0.25, -0.2) is 0 Å². The topological polar surface area (TPSA) is 44.0 Å². The van der Waals surface area contributed by atoms with Crippen LogP contribution in [0, 0.1) is 17.4 Å². The molecule has 49 valence electrons. The lowest BCUT2D eigenvalue weighted by molar-refractivity contribution is 0.281. The van der Waals surface area contributed by atoms with Gasteiger partial charge in [0.15, 0.2) is 0 Å². The number of nitriles is 1. The number of hydrogen-bond acceptors (Lipinski definition) is 2. The molecule has 0 aliphatic rings. The van der Waals surface area contributed by atoms with Crippen molar-refractivity contribution in [2.24, 2.45) is 0 Å². The van der Waals surface area contributed by atoms with Crippen LogP contribution >= 0.6 is 0 Å². The monoisotopic (exact) mass is 132 g/mol. The molecule has 0 aliphatic carbocycles. The second-order valence-corrected chi connectivity index (χ2v) is 1.86. The molecular formula is C8H6NO. The van der Waals surface area contributed by atoms with E-state index < -0.39 is 0 Å². The van der Waals surface area contributed by atoms with E-state index in [1.54, 1.807) is 18.2 Å². The summed E-state index contributed by atoms with van der Waals surface area (Å²) in [6.45, 7) is -0.0600. The molecule has 0 heterocycles. The van der Waals surface area contributed by atoms with Gasteiger partial charge >= 0.3 is 0 Å². The molecule has 1 aromatic rings. The van der Waals surface area contributed by atoms with Crippen molar-refractivity contribution in [1.82, 2.24) is 0 Å². The van der Waals surface area contributed by atoms with Gasteiger partial charge in [-0.15, -0.1) is 0 Å². The van der Waals surface area contributed by atoms with Gasteiger partial charge in [-0.1, -0.05) is 12.1 Å². The number of aliphatic hydroxyl groups is 1. The summed E-state index contributed by atoms with van der Waals surface area (Å²) in [4.78, 5) is 0. The molecule has 0 aromatic heterocycles. The molecule has 1 rings (SSSR count). The summed E-state index contributed by atoms with van der Waals surface area (Å²) in [6, 6.07) is 9.77. The van der Waals surface area contributed by atoms with Crippen molar-refractivity contribution in [2.75, 3.05) is 0 Å². The Hall–Kier alpha value is -1.33. The maximum absolute atomic E-state index is 8.62. The highest BCUT2D eigenvalue weighted by molar-refractivity contribution is 5.30. The Morgan fingerprint density at radius 1 is 1.60 bits per heavy atom. The Balaban J connectivity index is 3.01. The largest absolute Gasteiger partial charge is 0.392 e. The molecule has 1 radical (unpaired) electrons. The number of nitrogens with zero attached hydrogens (tertiary/aromatic N) is 1. The average molecular weight is 132 g/mol. The molecular weight excluding hydrogens is 126 g/mol. The summed E-state index contributed by atoms with van der Waals surface area (Å²) >= 11 is 0. The van der Waals surface area contributed by atoms with Crippen LogP contribution in [0.3, 0.4) is 0 Å². The minimum atomic E-state index is -0.0600. The summed E-state index contributed by atoms with van der Waals surface area (Å²) in [5.74, 6) is 0. The van der Waals surface area contributed by atoms with Crippen molar-refractivity contribution in [3.8, 4) is 6.07 Å². The van der Waals surface area contributed by atoms with Gasteiger partial charge in [-0.05, 0) is 11.6 Å². The van der Waals surface area contributed by atoms with Crippen LogP contribution in [0.5, 0.6) is 0 Å². The number of hydrogen-bond donors (Lipinski definition) is 1. The lowest BCUT2D eigenvalue weighted by Crippen LogP contribution is -1.83. The van der Waals surface area contributed by atoms with Crippen molar-refractivity contribution in [3.63, 3.8) is 0 Å². The Morgan fingerprint density at radius 3 is 3.00 bits per heavy atom. The predicted molar refractivity (Wildman–Crippen MR) is 35.9 cm³/mol. The maximum Gasteiger partial charge on any atom is 0.0998 e. The molecule has 0 spiro atoms. The zero-order chi connectivity index (χ0) is 7.40. The van der Waals surface area contributed by atoms with Crippen molar-refractivity contribution in [3.05, 3.63) is 35.4 Å². The van der Waals surface area contributed by atoms with Crippen LogP contribution in [0.4, 0.5) is 0 Å². The molecule has 0 fully saturated rings. The standard InChI is InChI=1S/C8H6NO/c9-5-7-2-1-3-8(4-7)6-10/h1-3,10H,6H2. The molecule has 0 aliphatic heterocycles. The summed E-state index contributed by atoms with van der Waals surface area (Å²) in [5, 5.41) is 17.0. The van der Waals surface area contributed by atoms with Crippen LogP contribution in [0.25, 0.3) is 0 Å². The van der Waals surface area contributed by atoms with Crippen LogP contribution in [0.15, 0.2) is 18.2 Å². The van der Waals surface area contributed by atoms with E-state index in [2.05, 4.69) is 6.07 Å². The normalized spacial score (nSPS) is 8.80. The Kier molecular flexibility index (Phi) is 2.03. The van der Waals surface area contributed by atoms with E-state index in [0.717, 1.165) is 0 Å². The fourth-order valence-corrected chi connectivity index (χ4v) is 0.674. The highest BCUT2D eigenvalue weighted by Crippen LogP contribution is 2.01. The third-order valence-corrected chi connectivity index (χ3v) is 1.15. The van der Waals surface area contributed by atoms with Crippen molar-refractivity contribution in [1.29, 1.82) is 5.26 Å². The van der Waals surface area contributed by atoms with E-state index in [0.29, 0.717) is 11.1 Å². The van der Waals surface area contributed by atoms with Crippen LogP contribution in [0.2, 0.25) is 0 Å².